The molecular weight excluding hydrogens is 244 g/mol. The second-order valence-corrected chi connectivity index (χ2v) is 6.74. The summed E-state index contributed by atoms with van der Waals surface area (Å²) in [7, 11) is -0.745. The highest BCUT2D eigenvalue weighted by Gasteiger charge is 2.25. The van der Waals surface area contributed by atoms with Crippen molar-refractivity contribution in [1.29, 1.82) is 0 Å². The fraction of sp³-hybridized carbons (Fsp3) is 0.571. The predicted molar refractivity (Wildman–Crippen MR) is 77.2 cm³/mol. The van der Waals surface area contributed by atoms with Gasteiger partial charge < -0.3 is 5.32 Å². The van der Waals surface area contributed by atoms with Gasteiger partial charge in [0.25, 0.3) is 0 Å². The second kappa shape index (κ2) is 6.45. The minimum absolute atomic E-state index is 0.231. The van der Waals surface area contributed by atoms with Crippen LogP contribution < -0.4 is 5.32 Å². The maximum absolute atomic E-state index is 11.5. The Labute approximate surface area is 112 Å². The van der Waals surface area contributed by atoms with Crippen LogP contribution in [0, 0.1) is 0 Å². The van der Waals surface area contributed by atoms with Gasteiger partial charge in [0.05, 0.1) is 0 Å². The number of nitrogens with zero attached hydrogens (tertiary/aromatic N) is 1. The zero-order valence-corrected chi connectivity index (χ0v) is 12.0. The normalized spacial score (nSPS) is 24.7. The van der Waals surface area contributed by atoms with Crippen LogP contribution in [0.25, 0.3) is 0 Å². The van der Waals surface area contributed by atoms with Crippen LogP contribution in [0.15, 0.2) is 30.3 Å². The summed E-state index contributed by atoms with van der Waals surface area (Å²) in [5, 5.41) is 3.68. The number of piperazine rings is 1. The number of benzene rings is 1. The Hall–Kier alpha value is -0.710. The van der Waals surface area contributed by atoms with Crippen LogP contribution >= 0.6 is 0 Å². The van der Waals surface area contributed by atoms with Crippen molar-refractivity contribution in [3.05, 3.63) is 35.9 Å². The summed E-state index contributed by atoms with van der Waals surface area (Å²) in [4.78, 5) is 2.46. The molecule has 100 valence electrons. The maximum atomic E-state index is 11.5. The molecule has 1 fully saturated rings. The zero-order valence-electron chi connectivity index (χ0n) is 11.1. The third-order valence-corrected chi connectivity index (χ3v) is 4.88. The average molecular weight is 266 g/mol. The molecule has 1 saturated heterocycles. The van der Waals surface area contributed by atoms with Gasteiger partial charge in [-0.25, -0.2) is 0 Å². The Balaban J connectivity index is 2.09. The molecule has 1 aliphatic rings. The number of nitrogens with one attached hydrogen (secondary N) is 1. The highest BCUT2D eigenvalue weighted by molar-refractivity contribution is 7.84. The third-order valence-electron chi connectivity index (χ3n) is 3.60. The van der Waals surface area contributed by atoms with E-state index in [0.29, 0.717) is 6.04 Å². The zero-order chi connectivity index (χ0) is 13.0. The molecule has 18 heavy (non-hydrogen) atoms. The Bertz CT molecular complexity index is 396. The van der Waals surface area contributed by atoms with Crippen LogP contribution in [0.3, 0.4) is 0 Å². The maximum Gasteiger partial charge on any atom is 0.0473 e. The molecule has 1 aliphatic heterocycles. The van der Waals surface area contributed by atoms with Gasteiger partial charge in [-0.05, 0) is 12.5 Å². The van der Waals surface area contributed by atoms with Gasteiger partial charge in [-0.3, -0.25) is 9.11 Å². The fourth-order valence-electron chi connectivity index (χ4n) is 2.40. The van der Waals surface area contributed by atoms with Gasteiger partial charge in [0.1, 0.15) is 0 Å². The van der Waals surface area contributed by atoms with Crippen molar-refractivity contribution in [3.8, 4) is 0 Å². The van der Waals surface area contributed by atoms with E-state index in [-0.39, 0.29) is 5.25 Å². The van der Waals surface area contributed by atoms with Crippen LogP contribution in [0.1, 0.15) is 18.5 Å². The minimum atomic E-state index is -0.745. The van der Waals surface area contributed by atoms with Crippen molar-refractivity contribution in [1.82, 2.24) is 10.2 Å². The van der Waals surface area contributed by atoms with Crippen LogP contribution in [-0.2, 0) is 10.8 Å². The summed E-state index contributed by atoms with van der Waals surface area (Å²) >= 11 is 0. The molecule has 1 N–H and O–H groups in total. The molecule has 1 aromatic rings. The van der Waals surface area contributed by atoms with E-state index in [4.69, 9.17) is 0 Å². The van der Waals surface area contributed by atoms with Gasteiger partial charge >= 0.3 is 0 Å². The minimum Gasteiger partial charge on any atom is -0.314 e. The van der Waals surface area contributed by atoms with Gasteiger partial charge in [0, 0.05) is 54.5 Å². The lowest BCUT2D eigenvalue weighted by molar-refractivity contribution is 0.164. The Morgan fingerprint density at radius 2 is 2.17 bits per heavy atom. The third kappa shape index (κ3) is 3.40. The molecule has 3 nitrogen and oxygen atoms in total. The van der Waals surface area contributed by atoms with Gasteiger partial charge in [0.15, 0.2) is 0 Å². The topological polar surface area (TPSA) is 32.3 Å². The van der Waals surface area contributed by atoms with E-state index in [0.717, 1.165) is 26.2 Å². The lowest BCUT2D eigenvalue weighted by Crippen LogP contribution is -2.48. The molecule has 0 radical (unpaired) electrons. The summed E-state index contributed by atoms with van der Waals surface area (Å²) in [6.45, 7) is 6.01. The number of rotatable bonds is 4. The van der Waals surface area contributed by atoms with Crippen molar-refractivity contribution in [3.63, 3.8) is 0 Å². The molecule has 0 saturated carbocycles. The Morgan fingerprint density at radius 3 is 2.83 bits per heavy atom. The largest absolute Gasteiger partial charge is 0.314 e. The van der Waals surface area contributed by atoms with Crippen molar-refractivity contribution in [2.45, 2.75) is 18.2 Å². The molecular formula is C14H22N2OS. The monoisotopic (exact) mass is 266 g/mol. The molecule has 3 atom stereocenters. The van der Waals surface area contributed by atoms with Gasteiger partial charge in [-0.1, -0.05) is 30.3 Å². The number of hydrogen-bond acceptors (Lipinski definition) is 3. The highest BCUT2D eigenvalue weighted by atomic mass is 32.2. The molecule has 0 aromatic heterocycles. The van der Waals surface area contributed by atoms with E-state index < -0.39 is 10.8 Å². The summed E-state index contributed by atoms with van der Waals surface area (Å²) in [6, 6.07) is 11.0. The number of hydrogen-bond donors (Lipinski definition) is 1. The average Bonchev–Trinajstić information content (AvgIpc) is 2.40. The second-order valence-electron chi connectivity index (χ2n) is 4.93. The molecule has 0 spiro atoms. The lowest BCUT2D eigenvalue weighted by Gasteiger charge is -2.37. The Morgan fingerprint density at radius 1 is 1.44 bits per heavy atom. The highest BCUT2D eigenvalue weighted by Crippen LogP contribution is 2.22. The first-order chi connectivity index (χ1) is 8.68. The van der Waals surface area contributed by atoms with Gasteiger partial charge in [0.2, 0.25) is 0 Å². The first kappa shape index (κ1) is 13.7. The van der Waals surface area contributed by atoms with Crippen LogP contribution in [-0.4, -0.2) is 46.8 Å². The molecule has 0 aliphatic carbocycles. The van der Waals surface area contributed by atoms with Gasteiger partial charge in [-0.2, -0.15) is 0 Å². The van der Waals surface area contributed by atoms with Crippen LogP contribution in [0.2, 0.25) is 0 Å². The molecule has 0 amide bonds. The predicted octanol–water partition coefficient (Wildman–Crippen LogP) is 1.40. The van der Waals surface area contributed by atoms with E-state index in [1.165, 1.54) is 5.56 Å². The molecule has 1 heterocycles. The first-order valence-corrected chi connectivity index (χ1v) is 8.12. The molecule has 2 rings (SSSR count). The van der Waals surface area contributed by atoms with E-state index in [2.05, 4.69) is 41.4 Å². The summed E-state index contributed by atoms with van der Waals surface area (Å²) in [6.07, 6.45) is 1.80. The summed E-state index contributed by atoms with van der Waals surface area (Å²) < 4.78 is 11.5. The first-order valence-electron chi connectivity index (χ1n) is 6.50. The van der Waals surface area contributed by atoms with Crippen molar-refractivity contribution >= 4 is 10.8 Å². The fourth-order valence-corrected chi connectivity index (χ4v) is 2.81. The van der Waals surface area contributed by atoms with Gasteiger partial charge in [-0.15, -0.1) is 0 Å². The van der Waals surface area contributed by atoms with Crippen LogP contribution in [0.5, 0.6) is 0 Å². The van der Waals surface area contributed by atoms with Crippen molar-refractivity contribution < 1.29 is 4.21 Å². The SMILES string of the molecule is CC(CN1CCNCC1c1ccccc1)S(C)=O. The van der Waals surface area contributed by atoms with Crippen LogP contribution in [0.4, 0.5) is 0 Å². The van der Waals surface area contributed by atoms with E-state index in [1.54, 1.807) is 6.26 Å². The van der Waals surface area contributed by atoms with Crippen molar-refractivity contribution in [2.24, 2.45) is 0 Å². The van der Waals surface area contributed by atoms with E-state index in [1.807, 2.05) is 6.07 Å². The summed E-state index contributed by atoms with van der Waals surface area (Å²) in [5.41, 5.74) is 1.35. The van der Waals surface area contributed by atoms with E-state index in [9.17, 15) is 4.21 Å². The molecule has 1 aromatic carbocycles. The lowest BCUT2D eigenvalue weighted by atomic mass is 10.0. The standard InChI is InChI=1S/C14H22N2OS/c1-12(18(2)17)11-16-9-8-15-10-14(16)13-6-4-3-5-7-13/h3-7,12,14-15H,8-11H2,1-2H3. The van der Waals surface area contributed by atoms with E-state index >= 15 is 0 Å². The van der Waals surface area contributed by atoms with Crippen molar-refractivity contribution in [2.75, 3.05) is 32.4 Å². The molecule has 0 bridgehead atoms. The smallest absolute Gasteiger partial charge is 0.0473 e. The quantitative estimate of drug-likeness (QED) is 0.894. The molecule has 3 unspecified atom stereocenters. The Kier molecular flexibility index (Phi) is 4.92. The molecule has 4 heteroatoms. The summed E-state index contributed by atoms with van der Waals surface area (Å²) in [5.74, 6) is 0.